The Morgan fingerprint density at radius 3 is 2.23 bits per heavy atom. The number of benzene rings is 2. The van der Waals surface area contributed by atoms with E-state index in [1.807, 2.05) is 36.1 Å². The fourth-order valence-electron chi connectivity index (χ4n) is 9.73. The average Bonchev–Trinajstić information content (AvgIpc) is 3.53. The third kappa shape index (κ3) is 7.55. The first-order valence-corrected chi connectivity index (χ1v) is 19.6. The zero-order valence-electron chi connectivity index (χ0n) is 31.1. The summed E-state index contributed by atoms with van der Waals surface area (Å²) in [5.74, 6) is 1.52. The molecule has 4 bridgehead atoms. The molecule has 8 rings (SSSR count). The van der Waals surface area contributed by atoms with Crippen LogP contribution < -0.4 is 5.32 Å². The van der Waals surface area contributed by atoms with Gasteiger partial charge in [0.1, 0.15) is 6.61 Å². The second kappa shape index (κ2) is 15.5. The maximum atomic E-state index is 14.7. The summed E-state index contributed by atoms with van der Waals surface area (Å²) in [5, 5.41) is 18.2. The van der Waals surface area contributed by atoms with E-state index in [1.165, 1.54) is 19.3 Å². The Bertz CT molecular complexity index is 1740. The number of hydrogen-bond donors (Lipinski definition) is 2. The predicted octanol–water partition coefficient (Wildman–Crippen LogP) is 6.71. The van der Waals surface area contributed by atoms with E-state index in [9.17, 15) is 19.5 Å². The number of aryl methyl sites for hydroxylation is 1. The first-order valence-electron chi connectivity index (χ1n) is 19.6. The molecule has 0 saturated heterocycles. The van der Waals surface area contributed by atoms with Gasteiger partial charge in [-0.1, -0.05) is 51.0 Å². The van der Waals surface area contributed by atoms with Crippen molar-refractivity contribution in [2.45, 2.75) is 110 Å². The Hall–Kier alpha value is -4.02. The predicted molar refractivity (Wildman–Crippen MR) is 200 cm³/mol. The molecule has 52 heavy (non-hydrogen) atoms. The van der Waals surface area contributed by atoms with Crippen LogP contribution in [0.2, 0.25) is 0 Å². The number of amides is 3. The Labute approximate surface area is 307 Å². The van der Waals surface area contributed by atoms with Crippen molar-refractivity contribution >= 4 is 23.4 Å². The number of nitrogens with one attached hydrogen (secondary N) is 1. The van der Waals surface area contributed by atoms with Crippen LogP contribution in [0.1, 0.15) is 116 Å². The molecular formula is C42H55N5O5. The number of fused-ring (bicyclic) bond motifs is 1. The van der Waals surface area contributed by atoms with Gasteiger partial charge in [-0.15, -0.1) is 0 Å². The summed E-state index contributed by atoms with van der Waals surface area (Å²) < 4.78 is 8.11. The highest BCUT2D eigenvalue weighted by molar-refractivity contribution is 6.01. The van der Waals surface area contributed by atoms with Gasteiger partial charge in [-0.2, -0.15) is 5.10 Å². The second-order valence-corrected chi connectivity index (χ2v) is 16.0. The molecule has 1 aliphatic heterocycles. The number of hydrogen-bond acceptors (Lipinski definition) is 6. The topological polar surface area (TPSA) is 117 Å². The lowest BCUT2D eigenvalue weighted by Crippen LogP contribution is -2.52. The van der Waals surface area contributed by atoms with Crippen LogP contribution in [-0.4, -0.2) is 80.4 Å². The molecule has 10 nitrogen and oxygen atoms in total. The van der Waals surface area contributed by atoms with Gasteiger partial charge < -0.3 is 25.0 Å². The minimum atomic E-state index is -0.413. The number of aliphatic hydroxyl groups excluding tert-OH is 1. The number of ether oxygens (including phenoxy) is 1. The Balaban J connectivity index is 1.17. The molecule has 0 spiro atoms. The van der Waals surface area contributed by atoms with Gasteiger partial charge in [0.25, 0.3) is 11.8 Å². The summed E-state index contributed by atoms with van der Waals surface area (Å²) in [4.78, 5) is 45.4. The van der Waals surface area contributed by atoms with Crippen LogP contribution in [0, 0.1) is 24.7 Å². The molecule has 2 heterocycles. The van der Waals surface area contributed by atoms with Crippen LogP contribution in [0.3, 0.4) is 0 Å². The third-order valence-corrected chi connectivity index (χ3v) is 12.0. The number of aliphatic hydroxyl groups is 1. The van der Waals surface area contributed by atoms with E-state index in [1.54, 1.807) is 33.8 Å². The Morgan fingerprint density at radius 1 is 0.942 bits per heavy atom. The number of nitrogens with zero attached hydrogens (tertiary/aromatic N) is 4. The van der Waals surface area contributed by atoms with Crippen LogP contribution >= 0.6 is 0 Å². The highest BCUT2D eigenvalue weighted by Crippen LogP contribution is 2.57. The summed E-state index contributed by atoms with van der Waals surface area (Å²) in [7, 11) is 0. The molecule has 1 aromatic heterocycles. The monoisotopic (exact) mass is 709 g/mol. The first-order chi connectivity index (χ1) is 25.2. The molecule has 4 aliphatic carbocycles. The molecule has 5 aliphatic rings. The maximum Gasteiger partial charge on any atom is 0.274 e. The quantitative estimate of drug-likeness (QED) is 0.192. The molecule has 278 valence electrons. The summed E-state index contributed by atoms with van der Waals surface area (Å²) in [6.07, 6.45) is 11.4. The molecular weight excluding hydrogens is 654 g/mol. The first kappa shape index (κ1) is 36.3. The minimum Gasteiger partial charge on any atom is -0.394 e. The van der Waals surface area contributed by atoms with E-state index in [0.29, 0.717) is 54.4 Å². The van der Waals surface area contributed by atoms with Crippen LogP contribution in [0.5, 0.6) is 0 Å². The number of anilines is 1. The molecule has 10 heteroatoms. The lowest BCUT2D eigenvalue weighted by molar-refractivity contribution is -0.167. The van der Waals surface area contributed by atoms with Gasteiger partial charge >= 0.3 is 0 Å². The fourth-order valence-corrected chi connectivity index (χ4v) is 9.73. The maximum absolute atomic E-state index is 14.7. The average molecular weight is 710 g/mol. The standard InChI is InChI=1S/C42H55N5O5/c1-4-6-14-45(15-7-5-2)41(51)37-16-28(3)47(44-37)38-13-12-34(43-39(49)27-52-42-22-29-17-30(23-42)19-31(18-29)24-42)21-36(38)40(50)46-25-33-11-9-8-10-32(33)20-35(46)26-48/h8-13,16,21,29-31,35,48H,4-7,14-15,17-20,22-27H2,1-3H3,(H,43,49)/t29?,30?,31?,35-,42?/m0/s1. The van der Waals surface area contributed by atoms with Crippen molar-refractivity contribution < 1.29 is 24.2 Å². The van der Waals surface area contributed by atoms with E-state index in [-0.39, 0.29) is 36.5 Å². The van der Waals surface area contributed by atoms with Gasteiger partial charge in [-0.05, 0) is 118 Å². The van der Waals surface area contributed by atoms with Crippen molar-refractivity contribution in [2.75, 3.05) is 31.6 Å². The molecule has 2 N–H and O–H groups in total. The van der Waals surface area contributed by atoms with Crippen molar-refractivity contribution in [3.05, 3.63) is 76.6 Å². The normalized spacial score (nSPS) is 24.5. The highest BCUT2D eigenvalue weighted by Gasteiger charge is 2.51. The molecule has 0 radical (unpaired) electrons. The molecule has 4 fully saturated rings. The second-order valence-electron chi connectivity index (χ2n) is 16.0. The zero-order valence-corrected chi connectivity index (χ0v) is 31.1. The number of unbranched alkanes of at least 4 members (excludes halogenated alkanes) is 2. The lowest BCUT2D eigenvalue weighted by atomic mass is 9.54. The van der Waals surface area contributed by atoms with Crippen LogP contribution in [0.4, 0.5) is 5.69 Å². The van der Waals surface area contributed by atoms with Gasteiger partial charge in [0.15, 0.2) is 5.69 Å². The van der Waals surface area contributed by atoms with Crippen LogP contribution in [0.15, 0.2) is 48.5 Å². The summed E-state index contributed by atoms with van der Waals surface area (Å²) >= 11 is 0. The van der Waals surface area contributed by atoms with E-state index in [0.717, 1.165) is 73.8 Å². The number of rotatable bonds is 14. The highest BCUT2D eigenvalue weighted by atomic mass is 16.5. The summed E-state index contributed by atoms with van der Waals surface area (Å²) in [6.45, 7) is 7.60. The van der Waals surface area contributed by atoms with E-state index < -0.39 is 6.04 Å². The molecule has 4 saturated carbocycles. The van der Waals surface area contributed by atoms with E-state index in [4.69, 9.17) is 9.84 Å². The Kier molecular flexibility index (Phi) is 10.9. The lowest BCUT2D eigenvalue weighted by Gasteiger charge is -2.56. The van der Waals surface area contributed by atoms with Crippen molar-refractivity contribution in [1.82, 2.24) is 19.6 Å². The molecule has 0 unspecified atom stereocenters. The van der Waals surface area contributed by atoms with Crippen molar-refractivity contribution in [3.8, 4) is 5.69 Å². The third-order valence-electron chi connectivity index (χ3n) is 12.0. The van der Waals surface area contributed by atoms with Crippen LogP contribution in [0.25, 0.3) is 5.69 Å². The number of carbonyl (C=O) groups excluding carboxylic acids is 3. The van der Waals surface area contributed by atoms with Gasteiger partial charge in [-0.25, -0.2) is 4.68 Å². The van der Waals surface area contributed by atoms with E-state index >= 15 is 0 Å². The fraction of sp³-hybridized carbons (Fsp3) is 0.571. The van der Waals surface area contributed by atoms with Crippen molar-refractivity contribution in [2.24, 2.45) is 17.8 Å². The SMILES string of the molecule is CCCCN(CCCC)C(=O)c1cc(C)n(-c2ccc(NC(=O)COC34CC5CC(CC(C5)C3)C4)cc2C(=O)N2Cc3ccccc3C[C@H]2CO)n1. The van der Waals surface area contributed by atoms with Gasteiger partial charge in [0.2, 0.25) is 5.91 Å². The largest absolute Gasteiger partial charge is 0.394 e. The molecule has 2 aromatic carbocycles. The molecule has 3 amide bonds. The van der Waals surface area contributed by atoms with Crippen molar-refractivity contribution in [1.29, 1.82) is 0 Å². The number of aromatic nitrogens is 2. The van der Waals surface area contributed by atoms with Gasteiger partial charge in [-0.3, -0.25) is 14.4 Å². The van der Waals surface area contributed by atoms with Crippen molar-refractivity contribution in [3.63, 3.8) is 0 Å². The zero-order chi connectivity index (χ0) is 36.4. The minimum absolute atomic E-state index is 0.0248. The number of carbonyl (C=O) groups is 3. The molecule has 3 aromatic rings. The summed E-state index contributed by atoms with van der Waals surface area (Å²) in [6, 6.07) is 14.6. The van der Waals surface area contributed by atoms with E-state index in [2.05, 4.69) is 19.2 Å². The van der Waals surface area contributed by atoms with Gasteiger partial charge in [0.05, 0.1) is 29.5 Å². The van der Waals surface area contributed by atoms with Gasteiger partial charge in [0, 0.05) is 31.0 Å². The Morgan fingerprint density at radius 2 is 1.60 bits per heavy atom. The molecule has 1 atom stereocenters. The smallest absolute Gasteiger partial charge is 0.274 e. The van der Waals surface area contributed by atoms with Crippen LogP contribution in [-0.2, 0) is 22.5 Å². The summed E-state index contributed by atoms with van der Waals surface area (Å²) in [5.41, 5.74) is 4.34.